The number of fused-ring (bicyclic) bond motifs is 1. The molecule has 5 nitrogen and oxygen atoms in total. The zero-order valence-electron chi connectivity index (χ0n) is 15.8. The van der Waals surface area contributed by atoms with Crippen LogP contribution >= 0.6 is 22.9 Å². The molecule has 2 aromatic heterocycles. The number of rotatable bonds is 5. The molecule has 4 rings (SSSR count). The maximum Gasteiger partial charge on any atom is 0.166 e. The predicted octanol–water partition coefficient (Wildman–Crippen LogP) is 5.66. The Labute approximate surface area is 176 Å². The number of benzene rings is 2. The average Bonchev–Trinajstić information content (AvgIpc) is 3.13. The van der Waals surface area contributed by atoms with E-state index in [1.807, 2.05) is 37.7 Å². The summed E-state index contributed by atoms with van der Waals surface area (Å²) < 4.78 is 13.4. The normalized spacial score (nSPS) is 11.3. The van der Waals surface area contributed by atoms with E-state index >= 15 is 0 Å². The van der Waals surface area contributed by atoms with Crippen molar-refractivity contribution in [2.24, 2.45) is 0 Å². The summed E-state index contributed by atoms with van der Waals surface area (Å²) in [6.07, 6.45) is 1.68. The number of nitrogens with zero attached hydrogens (tertiary/aromatic N) is 3. The largest absolute Gasteiger partial charge is 0.505 e. The lowest BCUT2D eigenvalue weighted by atomic mass is 10.1. The van der Waals surface area contributed by atoms with Crippen molar-refractivity contribution in [1.82, 2.24) is 14.9 Å². The topological polar surface area (TPSA) is 61.3 Å². The van der Waals surface area contributed by atoms with Crippen LogP contribution in [-0.2, 0) is 6.54 Å². The number of halogens is 2. The second kappa shape index (κ2) is 7.94. The average molecular weight is 429 g/mol. The predicted molar refractivity (Wildman–Crippen MR) is 117 cm³/mol. The maximum atomic E-state index is 13.4. The fraction of sp³-hybridized carbons (Fsp3) is 0.143. The van der Waals surface area contributed by atoms with E-state index in [4.69, 9.17) is 16.6 Å². The van der Waals surface area contributed by atoms with Crippen LogP contribution in [0.2, 0.25) is 5.02 Å². The first-order chi connectivity index (χ1) is 13.9. The number of hydrogen-bond donors (Lipinski definition) is 2. The SMILES string of the molecule is CN(C)Cc1nc(-c2ccc3c(Nc4cc(O)c(F)cc4Cl)ccnc3c2)cs1. The first kappa shape index (κ1) is 19.6. The number of hydrogen-bond acceptors (Lipinski definition) is 6. The molecule has 0 bridgehead atoms. The van der Waals surface area contributed by atoms with Gasteiger partial charge in [0, 0.05) is 40.8 Å². The van der Waals surface area contributed by atoms with Gasteiger partial charge in [-0.25, -0.2) is 9.37 Å². The fourth-order valence-electron chi connectivity index (χ4n) is 2.98. The number of thiazole rings is 1. The summed E-state index contributed by atoms with van der Waals surface area (Å²) in [5, 5.41) is 16.9. The van der Waals surface area contributed by atoms with Gasteiger partial charge >= 0.3 is 0 Å². The summed E-state index contributed by atoms with van der Waals surface area (Å²) in [6, 6.07) is 10.1. The lowest BCUT2D eigenvalue weighted by Crippen LogP contribution is -2.10. The quantitative estimate of drug-likeness (QED) is 0.429. The van der Waals surface area contributed by atoms with E-state index in [0.717, 1.165) is 45.5 Å². The Balaban J connectivity index is 1.68. The summed E-state index contributed by atoms with van der Waals surface area (Å²) in [5.41, 5.74) is 3.86. The number of aromatic nitrogens is 2. The van der Waals surface area contributed by atoms with Crippen molar-refractivity contribution < 1.29 is 9.50 Å². The standard InChI is InChI=1S/C21H18ClFN4OS/c1-27(2)10-21-26-19(11-29-21)12-3-4-13-16(5-6-24-17(13)7-12)25-18-9-20(28)15(23)8-14(18)22/h3-9,11,28H,10H2,1-2H3,(H,24,25). The molecule has 0 spiro atoms. The highest BCUT2D eigenvalue weighted by Gasteiger charge is 2.11. The van der Waals surface area contributed by atoms with Gasteiger partial charge in [0.1, 0.15) is 5.01 Å². The second-order valence-corrected chi connectivity index (χ2v) is 8.21. The van der Waals surface area contributed by atoms with Crippen LogP contribution in [0.25, 0.3) is 22.2 Å². The Bertz CT molecular complexity index is 1190. The molecule has 2 aromatic carbocycles. The smallest absolute Gasteiger partial charge is 0.166 e. The molecule has 0 fully saturated rings. The third-order valence-electron chi connectivity index (χ3n) is 4.35. The van der Waals surface area contributed by atoms with Crippen LogP contribution in [0.15, 0.2) is 48.0 Å². The summed E-state index contributed by atoms with van der Waals surface area (Å²) in [6.45, 7) is 0.801. The van der Waals surface area contributed by atoms with Gasteiger partial charge in [0.25, 0.3) is 0 Å². The summed E-state index contributed by atoms with van der Waals surface area (Å²) in [7, 11) is 4.03. The van der Waals surface area contributed by atoms with E-state index in [-0.39, 0.29) is 5.02 Å². The summed E-state index contributed by atoms with van der Waals surface area (Å²) in [4.78, 5) is 11.2. The highest BCUT2D eigenvalue weighted by atomic mass is 35.5. The molecule has 2 heterocycles. The van der Waals surface area contributed by atoms with Gasteiger partial charge < -0.3 is 15.3 Å². The highest BCUT2D eigenvalue weighted by molar-refractivity contribution is 7.09. The highest BCUT2D eigenvalue weighted by Crippen LogP contribution is 2.34. The number of aromatic hydroxyl groups is 1. The van der Waals surface area contributed by atoms with Crippen LogP contribution < -0.4 is 5.32 Å². The van der Waals surface area contributed by atoms with E-state index in [1.165, 1.54) is 6.07 Å². The van der Waals surface area contributed by atoms with Crippen molar-refractivity contribution in [3.05, 3.63) is 63.8 Å². The van der Waals surface area contributed by atoms with Gasteiger partial charge in [-0.05, 0) is 32.3 Å². The molecular weight excluding hydrogens is 411 g/mol. The molecule has 4 aromatic rings. The van der Waals surface area contributed by atoms with Crippen LogP contribution in [0.4, 0.5) is 15.8 Å². The molecule has 0 unspecified atom stereocenters. The van der Waals surface area contributed by atoms with E-state index in [9.17, 15) is 9.50 Å². The van der Waals surface area contributed by atoms with Gasteiger partial charge in [0.2, 0.25) is 0 Å². The zero-order chi connectivity index (χ0) is 20.5. The molecule has 0 aliphatic rings. The Morgan fingerprint density at radius 1 is 1.17 bits per heavy atom. The Kier molecular flexibility index (Phi) is 5.36. The van der Waals surface area contributed by atoms with Crippen LogP contribution in [0.1, 0.15) is 5.01 Å². The third kappa shape index (κ3) is 4.17. The third-order valence-corrected chi connectivity index (χ3v) is 5.49. The van der Waals surface area contributed by atoms with Crippen molar-refractivity contribution in [2.45, 2.75) is 6.54 Å². The maximum absolute atomic E-state index is 13.4. The molecule has 0 aliphatic heterocycles. The Morgan fingerprint density at radius 2 is 2.00 bits per heavy atom. The minimum Gasteiger partial charge on any atom is -0.505 e. The molecule has 2 N–H and O–H groups in total. The number of anilines is 2. The van der Waals surface area contributed by atoms with Gasteiger partial charge in [0.15, 0.2) is 11.6 Å². The van der Waals surface area contributed by atoms with Crippen molar-refractivity contribution in [3.8, 4) is 17.0 Å². The van der Waals surface area contributed by atoms with Gasteiger partial charge in [-0.1, -0.05) is 23.7 Å². The number of phenolic OH excluding ortho intramolecular Hbond substituents is 1. The Morgan fingerprint density at radius 3 is 2.79 bits per heavy atom. The molecule has 0 aliphatic carbocycles. The van der Waals surface area contributed by atoms with Gasteiger partial charge in [0.05, 0.1) is 21.9 Å². The molecular formula is C21H18ClFN4OS. The lowest BCUT2D eigenvalue weighted by Gasteiger charge is -2.12. The zero-order valence-corrected chi connectivity index (χ0v) is 17.4. The molecule has 8 heteroatoms. The van der Waals surface area contributed by atoms with E-state index in [0.29, 0.717) is 5.69 Å². The number of phenols is 1. The Hall–Kier alpha value is -2.74. The van der Waals surface area contributed by atoms with E-state index in [2.05, 4.69) is 15.2 Å². The van der Waals surface area contributed by atoms with E-state index < -0.39 is 11.6 Å². The van der Waals surface area contributed by atoms with Crippen molar-refractivity contribution in [2.75, 3.05) is 19.4 Å². The summed E-state index contributed by atoms with van der Waals surface area (Å²) in [5.74, 6) is -1.23. The van der Waals surface area contributed by atoms with Crippen LogP contribution in [-0.4, -0.2) is 34.1 Å². The molecule has 148 valence electrons. The van der Waals surface area contributed by atoms with Gasteiger partial charge in [-0.2, -0.15) is 0 Å². The van der Waals surface area contributed by atoms with Crippen molar-refractivity contribution in [1.29, 1.82) is 0 Å². The molecule has 0 saturated carbocycles. The van der Waals surface area contributed by atoms with Crippen LogP contribution in [0.5, 0.6) is 5.75 Å². The van der Waals surface area contributed by atoms with Crippen LogP contribution in [0.3, 0.4) is 0 Å². The first-order valence-electron chi connectivity index (χ1n) is 8.84. The van der Waals surface area contributed by atoms with Crippen LogP contribution in [0, 0.1) is 5.82 Å². The van der Waals surface area contributed by atoms with Crippen molar-refractivity contribution >= 4 is 45.2 Å². The second-order valence-electron chi connectivity index (χ2n) is 6.86. The molecule has 0 amide bonds. The number of nitrogens with one attached hydrogen (secondary N) is 1. The number of pyridine rings is 1. The van der Waals surface area contributed by atoms with E-state index in [1.54, 1.807) is 23.6 Å². The van der Waals surface area contributed by atoms with Gasteiger partial charge in [-0.3, -0.25) is 4.98 Å². The van der Waals surface area contributed by atoms with Gasteiger partial charge in [-0.15, -0.1) is 11.3 Å². The molecule has 0 atom stereocenters. The monoisotopic (exact) mass is 428 g/mol. The fourth-order valence-corrected chi connectivity index (χ4v) is 4.10. The minimum absolute atomic E-state index is 0.178. The van der Waals surface area contributed by atoms with Crippen molar-refractivity contribution in [3.63, 3.8) is 0 Å². The molecule has 0 saturated heterocycles. The minimum atomic E-state index is -0.762. The molecule has 29 heavy (non-hydrogen) atoms. The summed E-state index contributed by atoms with van der Waals surface area (Å²) >= 11 is 7.74. The first-order valence-corrected chi connectivity index (χ1v) is 10.1. The lowest BCUT2D eigenvalue weighted by molar-refractivity contribution is 0.402. The molecule has 0 radical (unpaired) electrons.